The van der Waals surface area contributed by atoms with Gasteiger partial charge in [0.1, 0.15) is 0 Å². The van der Waals surface area contributed by atoms with E-state index >= 15 is 0 Å². The third-order valence-corrected chi connectivity index (χ3v) is 4.21. The summed E-state index contributed by atoms with van der Waals surface area (Å²) in [6.45, 7) is 7.66. The van der Waals surface area contributed by atoms with Crippen molar-refractivity contribution < 1.29 is 14.7 Å². The van der Waals surface area contributed by atoms with Crippen LogP contribution in [0, 0.1) is 6.92 Å². The number of amides is 1. The largest absolute Gasteiger partial charge is 0.476 e. The predicted octanol–water partition coefficient (Wildman–Crippen LogP) is 4.35. The molecule has 156 valence electrons. The minimum atomic E-state index is -1.05. The normalized spacial score (nSPS) is 9.93. The highest BCUT2D eigenvalue weighted by Gasteiger charge is 2.13. The molecular weight excluding hydrogens is 380 g/mol. The van der Waals surface area contributed by atoms with Gasteiger partial charge in [0.05, 0.1) is 17.9 Å². The molecule has 0 atom stereocenters. The molecule has 30 heavy (non-hydrogen) atoms. The zero-order valence-corrected chi connectivity index (χ0v) is 17.1. The van der Waals surface area contributed by atoms with E-state index in [0.29, 0.717) is 29.0 Å². The summed E-state index contributed by atoms with van der Waals surface area (Å²) in [5.74, 6) is -1.30. The average molecular weight is 406 g/mol. The van der Waals surface area contributed by atoms with Crippen molar-refractivity contribution in [3.63, 3.8) is 0 Å². The summed E-state index contributed by atoms with van der Waals surface area (Å²) in [5.41, 5.74) is 8.94. The van der Waals surface area contributed by atoms with Gasteiger partial charge in [-0.2, -0.15) is 5.10 Å². The van der Waals surface area contributed by atoms with Crippen molar-refractivity contribution in [1.29, 1.82) is 0 Å². The van der Waals surface area contributed by atoms with Crippen molar-refractivity contribution in [3.05, 3.63) is 89.8 Å². The highest BCUT2D eigenvalue weighted by atomic mass is 16.4. The number of para-hydroxylation sites is 2. The van der Waals surface area contributed by atoms with Crippen LogP contribution in [0.1, 0.15) is 45.3 Å². The van der Waals surface area contributed by atoms with Crippen LogP contribution in [0.3, 0.4) is 0 Å². The third kappa shape index (κ3) is 6.07. The summed E-state index contributed by atoms with van der Waals surface area (Å²) in [7, 11) is 0. The Morgan fingerprint density at radius 3 is 2.37 bits per heavy atom. The van der Waals surface area contributed by atoms with Gasteiger partial charge in [-0.3, -0.25) is 9.48 Å². The van der Waals surface area contributed by atoms with Crippen LogP contribution in [0.15, 0.2) is 67.4 Å². The van der Waals surface area contributed by atoms with Crippen LogP contribution in [0.5, 0.6) is 0 Å². The molecule has 0 aliphatic carbocycles. The molecule has 1 aromatic heterocycles. The SMILES string of the molecule is C=CCC.Cc1cn(Cc2ccc(C(=O)Nc3ccccc3N)cc2)nc1C(=O)O. The van der Waals surface area contributed by atoms with Crippen molar-refractivity contribution in [2.75, 3.05) is 11.1 Å². The number of carboxylic acids is 1. The number of hydrogen-bond donors (Lipinski definition) is 3. The lowest BCUT2D eigenvalue weighted by Gasteiger charge is -2.08. The number of nitrogens with two attached hydrogens (primary N) is 1. The maximum Gasteiger partial charge on any atom is 0.356 e. The first-order chi connectivity index (χ1) is 14.3. The molecule has 4 N–H and O–H groups in total. The van der Waals surface area contributed by atoms with Crippen LogP contribution in [0.25, 0.3) is 0 Å². The Balaban J connectivity index is 0.000000735. The average Bonchev–Trinajstić information content (AvgIpc) is 3.10. The van der Waals surface area contributed by atoms with Crippen LogP contribution in [-0.2, 0) is 6.54 Å². The standard InChI is InChI=1S/C19H18N4O3.C4H8/c1-12-10-23(22-17(12)19(25)26)11-13-6-8-14(9-7-13)18(24)21-16-5-3-2-4-15(16)20;1-3-4-2/h2-10H,11,20H2,1H3,(H,21,24)(H,25,26);3H,1,4H2,2H3. The molecule has 1 amide bonds. The number of carbonyl (C=O) groups is 2. The summed E-state index contributed by atoms with van der Waals surface area (Å²) in [6, 6.07) is 14.1. The van der Waals surface area contributed by atoms with Crippen LogP contribution in [0.2, 0.25) is 0 Å². The molecule has 0 saturated heterocycles. The lowest BCUT2D eigenvalue weighted by Crippen LogP contribution is -2.13. The van der Waals surface area contributed by atoms with Gasteiger partial charge in [0.2, 0.25) is 0 Å². The fraction of sp³-hybridized carbons (Fsp3) is 0.174. The molecule has 7 heteroatoms. The van der Waals surface area contributed by atoms with Crippen molar-refractivity contribution in [3.8, 4) is 0 Å². The van der Waals surface area contributed by atoms with Gasteiger partial charge in [0, 0.05) is 17.3 Å². The second-order valence-corrected chi connectivity index (χ2v) is 6.60. The molecule has 2 aromatic carbocycles. The molecule has 0 unspecified atom stereocenters. The third-order valence-electron chi connectivity index (χ3n) is 4.21. The van der Waals surface area contributed by atoms with E-state index in [9.17, 15) is 9.59 Å². The van der Waals surface area contributed by atoms with Gasteiger partial charge >= 0.3 is 5.97 Å². The fourth-order valence-electron chi connectivity index (χ4n) is 2.57. The number of benzene rings is 2. The Morgan fingerprint density at radius 1 is 1.20 bits per heavy atom. The fourth-order valence-corrected chi connectivity index (χ4v) is 2.57. The molecule has 0 aliphatic heterocycles. The highest BCUT2D eigenvalue weighted by Crippen LogP contribution is 2.18. The maximum absolute atomic E-state index is 12.3. The van der Waals surface area contributed by atoms with Gasteiger partial charge in [-0.25, -0.2) is 4.79 Å². The molecule has 0 spiro atoms. The summed E-state index contributed by atoms with van der Waals surface area (Å²) in [4.78, 5) is 23.4. The quantitative estimate of drug-likeness (QED) is 0.416. The molecule has 0 aliphatic rings. The maximum atomic E-state index is 12.3. The number of nitrogens with one attached hydrogen (secondary N) is 1. The first-order valence-electron chi connectivity index (χ1n) is 9.48. The first kappa shape index (κ1) is 22.4. The molecular formula is C23H26N4O3. The number of allylic oxidation sites excluding steroid dienone is 1. The van der Waals surface area contributed by atoms with Crippen LogP contribution >= 0.6 is 0 Å². The Labute approximate surface area is 175 Å². The van der Waals surface area contributed by atoms with Gasteiger partial charge < -0.3 is 16.2 Å². The smallest absolute Gasteiger partial charge is 0.356 e. The van der Waals surface area contributed by atoms with Crippen molar-refractivity contribution >= 4 is 23.3 Å². The lowest BCUT2D eigenvalue weighted by molar-refractivity contribution is 0.0688. The van der Waals surface area contributed by atoms with Gasteiger partial charge in [0.15, 0.2) is 5.69 Å². The van der Waals surface area contributed by atoms with E-state index in [1.807, 2.05) is 6.08 Å². The van der Waals surface area contributed by atoms with Crippen LogP contribution in [-0.4, -0.2) is 26.8 Å². The Morgan fingerprint density at radius 2 is 1.83 bits per heavy atom. The lowest BCUT2D eigenvalue weighted by atomic mass is 10.1. The van der Waals surface area contributed by atoms with Gasteiger partial charge in [-0.1, -0.05) is 37.3 Å². The molecule has 3 aromatic rings. The van der Waals surface area contributed by atoms with E-state index in [4.69, 9.17) is 10.8 Å². The first-order valence-corrected chi connectivity index (χ1v) is 9.48. The van der Waals surface area contributed by atoms with E-state index < -0.39 is 5.97 Å². The zero-order valence-electron chi connectivity index (χ0n) is 17.1. The number of nitrogen functional groups attached to an aromatic ring is 1. The van der Waals surface area contributed by atoms with Gasteiger partial charge in [-0.15, -0.1) is 6.58 Å². The summed E-state index contributed by atoms with van der Waals surface area (Å²) < 4.78 is 1.57. The Hall–Kier alpha value is -3.87. The molecule has 3 rings (SSSR count). The summed E-state index contributed by atoms with van der Waals surface area (Å²) >= 11 is 0. The molecule has 0 bridgehead atoms. The Kier molecular flexibility index (Phi) is 7.93. The molecule has 1 heterocycles. The number of anilines is 2. The highest BCUT2D eigenvalue weighted by molar-refractivity contribution is 6.05. The monoisotopic (exact) mass is 406 g/mol. The molecule has 0 saturated carbocycles. The minimum absolute atomic E-state index is 0.0430. The Bertz CT molecular complexity index is 1020. The second kappa shape index (κ2) is 10.6. The number of rotatable bonds is 6. The van der Waals surface area contributed by atoms with E-state index in [0.717, 1.165) is 12.0 Å². The second-order valence-electron chi connectivity index (χ2n) is 6.60. The minimum Gasteiger partial charge on any atom is -0.476 e. The van der Waals surface area contributed by atoms with E-state index in [-0.39, 0.29) is 11.6 Å². The van der Waals surface area contributed by atoms with E-state index in [1.165, 1.54) is 0 Å². The molecule has 7 nitrogen and oxygen atoms in total. The predicted molar refractivity (Wildman–Crippen MR) is 119 cm³/mol. The van der Waals surface area contributed by atoms with Crippen molar-refractivity contribution in [2.24, 2.45) is 0 Å². The van der Waals surface area contributed by atoms with Gasteiger partial charge in [0.25, 0.3) is 5.91 Å². The number of carboxylic acid groups (broad SMARTS) is 1. The summed E-state index contributed by atoms with van der Waals surface area (Å²) in [5, 5.41) is 15.9. The topological polar surface area (TPSA) is 110 Å². The number of nitrogens with zero attached hydrogens (tertiary/aromatic N) is 2. The van der Waals surface area contributed by atoms with Crippen molar-refractivity contribution in [1.82, 2.24) is 9.78 Å². The number of aryl methyl sites for hydroxylation is 1. The van der Waals surface area contributed by atoms with E-state index in [2.05, 4.69) is 23.9 Å². The van der Waals surface area contributed by atoms with Gasteiger partial charge in [-0.05, 0) is 43.2 Å². The van der Waals surface area contributed by atoms with Crippen LogP contribution in [0.4, 0.5) is 11.4 Å². The molecule has 0 radical (unpaired) electrons. The zero-order chi connectivity index (χ0) is 22.1. The number of carbonyl (C=O) groups excluding carboxylic acids is 1. The van der Waals surface area contributed by atoms with Crippen molar-refractivity contribution in [2.45, 2.75) is 26.8 Å². The van der Waals surface area contributed by atoms with E-state index in [1.54, 1.807) is 66.3 Å². The number of aromatic carboxylic acids is 1. The van der Waals surface area contributed by atoms with Crippen LogP contribution < -0.4 is 11.1 Å². The summed E-state index contributed by atoms with van der Waals surface area (Å²) in [6.07, 6.45) is 4.64. The number of aromatic nitrogens is 2. The molecule has 0 fully saturated rings. The number of hydrogen-bond acceptors (Lipinski definition) is 4.